The van der Waals surface area contributed by atoms with Crippen molar-refractivity contribution in [2.75, 3.05) is 24.5 Å². The van der Waals surface area contributed by atoms with E-state index in [2.05, 4.69) is 15.2 Å². The fourth-order valence-corrected chi connectivity index (χ4v) is 3.34. The number of hydrogen-bond acceptors (Lipinski definition) is 6. The average molecular weight is 310 g/mol. The highest BCUT2D eigenvalue weighted by Crippen LogP contribution is 2.28. The first-order valence-electron chi connectivity index (χ1n) is 8.32. The molecular weight excluding hydrogens is 288 g/mol. The molecule has 0 atom stereocenters. The molecule has 0 amide bonds. The van der Waals surface area contributed by atoms with Crippen LogP contribution < -0.4 is 16.0 Å². The zero-order valence-electron chi connectivity index (χ0n) is 13.2. The Hall–Kier alpha value is -2.05. The summed E-state index contributed by atoms with van der Waals surface area (Å²) >= 11 is 0. The van der Waals surface area contributed by atoms with Crippen LogP contribution in [-0.2, 0) is 13.0 Å². The maximum absolute atomic E-state index is 6.06. The Bertz CT molecular complexity index is 679. The van der Waals surface area contributed by atoms with Crippen molar-refractivity contribution in [3.63, 3.8) is 0 Å². The molecule has 2 aromatic heterocycles. The van der Waals surface area contributed by atoms with Crippen molar-refractivity contribution in [3.8, 4) is 11.4 Å². The molecule has 2 aromatic rings. The molecule has 4 heterocycles. The molecule has 23 heavy (non-hydrogen) atoms. The zero-order chi connectivity index (χ0) is 15.6. The van der Waals surface area contributed by atoms with Crippen LogP contribution in [0.15, 0.2) is 24.5 Å². The van der Waals surface area contributed by atoms with Crippen molar-refractivity contribution in [1.82, 2.24) is 20.3 Å². The van der Waals surface area contributed by atoms with Crippen LogP contribution in [0.5, 0.6) is 0 Å². The Kier molecular flexibility index (Phi) is 3.93. The number of fused-ring (bicyclic) bond motifs is 1. The second-order valence-corrected chi connectivity index (χ2v) is 6.29. The standard InChI is InChI=1S/C17H22N6/c18-13-4-8-23(9-5-13)17-14-3-7-20-11-15(14)21-16(22-17)12-2-1-6-19-10-12/h1-2,6,10,13,20H,3-5,7-9,11,18H2. The Labute approximate surface area is 136 Å². The number of pyridine rings is 1. The van der Waals surface area contributed by atoms with Crippen LogP contribution in [0.3, 0.4) is 0 Å². The molecule has 2 aliphatic heterocycles. The molecule has 2 aliphatic rings. The van der Waals surface area contributed by atoms with E-state index in [0.717, 1.165) is 68.3 Å². The molecule has 0 aliphatic carbocycles. The third-order valence-corrected chi connectivity index (χ3v) is 4.67. The minimum Gasteiger partial charge on any atom is -0.356 e. The van der Waals surface area contributed by atoms with Gasteiger partial charge in [-0.25, -0.2) is 9.97 Å². The first-order valence-corrected chi connectivity index (χ1v) is 8.32. The summed E-state index contributed by atoms with van der Waals surface area (Å²) in [6, 6.07) is 4.26. The molecule has 1 saturated heterocycles. The van der Waals surface area contributed by atoms with E-state index in [4.69, 9.17) is 15.7 Å². The summed E-state index contributed by atoms with van der Waals surface area (Å²) in [6.07, 6.45) is 6.64. The summed E-state index contributed by atoms with van der Waals surface area (Å²) in [5.41, 5.74) is 9.44. The van der Waals surface area contributed by atoms with Crippen LogP contribution in [0, 0.1) is 0 Å². The van der Waals surface area contributed by atoms with Gasteiger partial charge in [0.05, 0.1) is 5.69 Å². The van der Waals surface area contributed by atoms with Gasteiger partial charge in [-0.05, 0) is 37.9 Å². The predicted octanol–water partition coefficient (Wildman–Crippen LogP) is 1.11. The van der Waals surface area contributed by atoms with Gasteiger partial charge in [0.25, 0.3) is 0 Å². The minimum atomic E-state index is 0.323. The normalized spacial score (nSPS) is 18.7. The summed E-state index contributed by atoms with van der Waals surface area (Å²) < 4.78 is 0. The van der Waals surface area contributed by atoms with Gasteiger partial charge in [-0.2, -0.15) is 0 Å². The molecule has 1 fully saturated rings. The van der Waals surface area contributed by atoms with Crippen LogP contribution >= 0.6 is 0 Å². The molecular formula is C17H22N6. The van der Waals surface area contributed by atoms with Crippen LogP contribution in [0.25, 0.3) is 11.4 Å². The van der Waals surface area contributed by atoms with E-state index < -0.39 is 0 Å². The number of nitrogens with one attached hydrogen (secondary N) is 1. The van der Waals surface area contributed by atoms with E-state index in [1.165, 1.54) is 5.56 Å². The number of hydrogen-bond donors (Lipinski definition) is 2. The zero-order valence-corrected chi connectivity index (χ0v) is 13.2. The first kappa shape index (κ1) is 14.5. The van der Waals surface area contributed by atoms with Crippen LogP contribution in [0.4, 0.5) is 5.82 Å². The van der Waals surface area contributed by atoms with Gasteiger partial charge in [0.2, 0.25) is 0 Å². The highest BCUT2D eigenvalue weighted by molar-refractivity contribution is 5.60. The molecule has 4 rings (SSSR count). The second kappa shape index (κ2) is 6.22. The lowest BCUT2D eigenvalue weighted by Crippen LogP contribution is -2.41. The predicted molar refractivity (Wildman–Crippen MR) is 90.1 cm³/mol. The molecule has 0 aromatic carbocycles. The van der Waals surface area contributed by atoms with Crippen LogP contribution in [0.1, 0.15) is 24.1 Å². The van der Waals surface area contributed by atoms with Crippen molar-refractivity contribution < 1.29 is 0 Å². The van der Waals surface area contributed by atoms with Crippen molar-refractivity contribution >= 4 is 5.82 Å². The van der Waals surface area contributed by atoms with Gasteiger partial charge in [0.1, 0.15) is 5.82 Å². The quantitative estimate of drug-likeness (QED) is 0.865. The van der Waals surface area contributed by atoms with E-state index in [1.807, 2.05) is 18.3 Å². The Morgan fingerprint density at radius 3 is 2.87 bits per heavy atom. The molecule has 120 valence electrons. The molecule has 3 N–H and O–H groups in total. The smallest absolute Gasteiger partial charge is 0.163 e. The first-order chi connectivity index (χ1) is 11.3. The lowest BCUT2D eigenvalue weighted by Gasteiger charge is -2.34. The Morgan fingerprint density at radius 1 is 1.22 bits per heavy atom. The highest BCUT2D eigenvalue weighted by Gasteiger charge is 2.24. The van der Waals surface area contributed by atoms with Crippen molar-refractivity contribution in [3.05, 3.63) is 35.8 Å². The summed E-state index contributed by atoms with van der Waals surface area (Å²) in [6.45, 7) is 3.75. The third kappa shape index (κ3) is 2.92. The van der Waals surface area contributed by atoms with E-state index in [-0.39, 0.29) is 0 Å². The van der Waals surface area contributed by atoms with Gasteiger partial charge in [-0.15, -0.1) is 0 Å². The van der Waals surface area contributed by atoms with Gasteiger partial charge in [-0.1, -0.05) is 0 Å². The maximum atomic E-state index is 6.06. The molecule has 6 nitrogen and oxygen atoms in total. The average Bonchev–Trinajstić information content (AvgIpc) is 2.62. The molecule has 0 bridgehead atoms. The number of nitrogens with two attached hydrogens (primary N) is 1. The van der Waals surface area contributed by atoms with Gasteiger partial charge < -0.3 is 16.0 Å². The highest BCUT2D eigenvalue weighted by atomic mass is 15.2. The third-order valence-electron chi connectivity index (χ3n) is 4.67. The SMILES string of the molecule is NC1CCN(c2nc(-c3cccnc3)nc3c2CCNC3)CC1. The fourth-order valence-electron chi connectivity index (χ4n) is 3.34. The van der Waals surface area contributed by atoms with Gasteiger partial charge in [-0.3, -0.25) is 4.98 Å². The maximum Gasteiger partial charge on any atom is 0.163 e. The fraction of sp³-hybridized carbons (Fsp3) is 0.471. The lowest BCUT2D eigenvalue weighted by molar-refractivity contribution is 0.495. The summed E-state index contributed by atoms with van der Waals surface area (Å²) in [4.78, 5) is 16.3. The van der Waals surface area contributed by atoms with E-state index >= 15 is 0 Å². The Balaban J connectivity index is 1.77. The molecule has 6 heteroatoms. The van der Waals surface area contributed by atoms with Gasteiger partial charge >= 0.3 is 0 Å². The molecule has 0 spiro atoms. The van der Waals surface area contributed by atoms with E-state index in [1.54, 1.807) is 6.20 Å². The van der Waals surface area contributed by atoms with Crippen molar-refractivity contribution in [2.24, 2.45) is 5.73 Å². The van der Waals surface area contributed by atoms with Crippen molar-refractivity contribution in [1.29, 1.82) is 0 Å². The summed E-state index contributed by atoms with van der Waals surface area (Å²) in [5, 5.41) is 3.41. The van der Waals surface area contributed by atoms with Crippen molar-refractivity contribution in [2.45, 2.75) is 31.8 Å². The van der Waals surface area contributed by atoms with Gasteiger partial charge in [0.15, 0.2) is 5.82 Å². The number of aromatic nitrogens is 3. The minimum absolute atomic E-state index is 0.323. The molecule has 0 saturated carbocycles. The number of rotatable bonds is 2. The van der Waals surface area contributed by atoms with Crippen LogP contribution in [0.2, 0.25) is 0 Å². The molecule has 0 unspecified atom stereocenters. The van der Waals surface area contributed by atoms with E-state index in [0.29, 0.717) is 6.04 Å². The van der Waals surface area contributed by atoms with E-state index in [9.17, 15) is 0 Å². The summed E-state index contributed by atoms with van der Waals surface area (Å²) in [7, 11) is 0. The van der Waals surface area contributed by atoms with Gasteiger partial charge in [0, 0.05) is 49.2 Å². The monoisotopic (exact) mass is 310 g/mol. The topological polar surface area (TPSA) is 80.0 Å². The summed E-state index contributed by atoms with van der Waals surface area (Å²) in [5.74, 6) is 1.87. The lowest BCUT2D eigenvalue weighted by atomic mass is 10.0. The number of anilines is 1. The largest absolute Gasteiger partial charge is 0.356 e. The number of piperidine rings is 1. The molecule has 0 radical (unpaired) electrons. The second-order valence-electron chi connectivity index (χ2n) is 6.29. The van der Waals surface area contributed by atoms with Crippen LogP contribution in [-0.4, -0.2) is 40.6 Å². The Morgan fingerprint density at radius 2 is 2.09 bits per heavy atom. The number of nitrogens with zero attached hydrogens (tertiary/aromatic N) is 4.